The van der Waals surface area contributed by atoms with E-state index in [4.69, 9.17) is 39.4 Å². The van der Waals surface area contributed by atoms with Crippen LogP contribution in [0.2, 0.25) is 0 Å². The van der Waals surface area contributed by atoms with Crippen LogP contribution in [0.4, 0.5) is 49.9 Å². The van der Waals surface area contributed by atoms with E-state index in [1.54, 1.807) is 115 Å². The highest BCUT2D eigenvalue weighted by atomic mass is 35.5. The summed E-state index contributed by atoms with van der Waals surface area (Å²) in [6, 6.07) is 22.9. The first-order chi connectivity index (χ1) is 63.1. The molecule has 8 saturated heterocycles. The van der Waals surface area contributed by atoms with Crippen LogP contribution in [0.5, 0.6) is 0 Å². The van der Waals surface area contributed by atoms with Crippen LogP contribution in [-0.4, -0.2) is 328 Å². The molecular weight excluding hydrogens is 1760 g/mol. The van der Waals surface area contributed by atoms with Gasteiger partial charge in [0.05, 0.1) is 131 Å². The van der Waals surface area contributed by atoms with E-state index in [0.717, 1.165) is 44.3 Å². The average Bonchev–Trinajstić information content (AvgIpc) is 1.03. The molecule has 0 aliphatic carbocycles. The Morgan fingerprint density at radius 2 is 0.694 bits per heavy atom. The van der Waals surface area contributed by atoms with Crippen molar-refractivity contribution in [3.05, 3.63) is 121 Å². The number of alkyl halides is 4. The molecule has 0 spiro atoms. The number of carbonyl (C=O) groups is 6. The number of hydrogen-bond acceptors (Lipinski definition) is 31. The van der Waals surface area contributed by atoms with E-state index in [-0.39, 0.29) is 137 Å². The molecule has 5 unspecified atom stereocenters. The summed E-state index contributed by atoms with van der Waals surface area (Å²) in [6.07, 6.45) is 9.10. The van der Waals surface area contributed by atoms with Gasteiger partial charge < -0.3 is 94.4 Å². The van der Waals surface area contributed by atoms with Crippen LogP contribution in [-0.2, 0) is 47.6 Å². The lowest BCUT2D eigenvalue weighted by Gasteiger charge is -2.38. The summed E-state index contributed by atoms with van der Waals surface area (Å²) in [6.45, 7) is 23.6. The number of aromatic nitrogens is 8. The molecule has 37 nitrogen and oxygen atoms in total. The standard InChI is InChI=1S/C25H31FN6O4.2C21H25FN6O2.C15H14N4O3.C10H19FN2O2.ClH/c1-16-12-32(19-11-29-18(10-27)21-17(19)6-5-8-28-21)13-20(35-16)22(33)30-14-25(26)7-9-31(15-25)23(34)36-24(2,3)4;2*1-14-10-28(17-9-25-16(8-23)19-15(17)4-3-6-24-19)11-18(30-14)20(29)26-12-21(22)5-7-27(2)13-21;1-9-7-19(8-13(22-9)15(20)21)12-6-18-11(5-16)14-10(12)3-2-4-17-14;1-9(2,3)15-8(14)13-5-4-10(11,6-12)7-13;/h5-6,8,11,16,20H,7,9,12-15H2,1-4H3,(H,30,33);2*3-4,6,9,14,18H,5,7,10-13H2,1-2H3,(H,26,29);2-4,6,9,13H,7-8H2,1H3,(H,20,21);4-7,12H2,1-3H3;1H/t16-,20?,25-;2*14?,18?,21-;9-,13-;10-;/m11111./s1. The lowest BCUT2D eigenvalue weighted by molar-refractivity contribution is -0.154. The number of ether oxygens (including phenoxy) is 6. The number of nitrogens with two attached hydrogens (primary N) is 1. The Morgan fingerprint density at radius 3 is 0.948 bits per heavy atom. The molecule has 8 aliphatic heterocycles. The van der Waals surface area contributed by atoms with Gasteiger partial charge in [-0.25, -0.2) is 51.9 Å². The minimum atomic E-state index is -1.74. The first-order valence-corrected chi connectivity index (χ1v) is 44.1. The van der Waals surface area contributed by atoms with E-state index in [0.29, 0.717) is 113 Å². The predicted molar refractivity (Wildman–Crippen MR) is 491 cm³/mol. The number of nitrogens with zero attached hydrogens (tertiary/aromatic N) is 20. The van der Waals surface area contributed by atoms with Crippen molar-refractivity contribution in [1.82, 2.24) is 75.4 Å². The predicted octanol–water partition coefficient (Wildman–Crippen LogP) is 7.97. The van der Waals surface area contributed by atoms with Crippen molar-refractivity contribution in [2.45, 2.75) is 178 Å². The number of pyridine rings is 8. The number of anilines is 4. The van der Waals surface area contributed by atoms with Crippen molar-refractivity contribution in [2.24, 2.45) is 5.73 Å². The Labute approximate surface area is 780 Å². The number of carboxylic acids is 1. The summed E-state index contributed by atoms with van der Waals surface area (Å²) in [7, 11) is 3.75. The Morgan fingerprint density at radius 1 is 0.433 bits per heavy atom. The second-order valence-electron chi connectivity index (χ2n) is 37.0. The average molecular weight is 1880 g/mol. The van der Waals surface area contributed by atoms with Gasteiger partial charge in [0.25, 0.3) is 17.7 Å². The van der Waals surface area contributed by atoms with E-state index in [9.17, 15) is 62.8 Å². The second-order valence-corrected chi connectivity index (χ2v) is 37.0. The largest absolute Gasteiger partial charge is 0.479 e. The molecule has 716 valence electrons. The quantitative estimate of drug-likeness (QED) is 0.0607. The number of likely N-dealkylation sites (tertiary alicyclic amines) is 4. The lowest BCUT2D eigenvalue weighted by Crippen LogP contribution is -2.54. The number of morpholine rings is 4. The summed E-state index contributed by atoms with van der Waals surface area (Å²) in [4.78, 5) is 122. The highest BCUT2D eigenvalue weighted by Crippen LogP contribution is 2.37. The topological polar surface area (TPSA) is 464 Å². The van der Waals surface area contributed by atoms with Crippen LogP contribution >= 0.6 is 12.4 Å². The summed E-state index contributed by atoms with van der Waals surface area (Å²) in [5, 5.41) is 57.6. The fourth-order valence-electron chi connectivity index (χ4n) is 17.1. The van der Waals surface area contributed by atoms with Gasteiger partial charge in [0, 0.05) is 131 Å². The normalized spacial score (nSPS) is 25.3. The molecule has 6 N–H and O–H groups in total. The van der Waals surface area contributed by atoms with Crippen molar-refractivity contribution < 1.29 is 79.9 Å². The number of rotatable bonds is 15. The van der Waals surface area contributed by atoms with E-state index < -0.39 is 82.4 Å². The second kappa shape index (κ2) is 43.7. The molecule has 0 radical (unpaired) electrons. The molecule has 134 heavy (non-hydrogen) atoms. The number of carbonyl (C=O) groups excluding carboxylic acids is 5. The van der Waals surface area contributed by atoms with Crippen LogP contribution in [0, 0.1) is 45.3 Å². The van der Waals surface area contributed by atoms with Gasteiger partial charge in [-0.1, -0.05) is 0 Å². The van der Waals surface area contributed by atoms with Gasteiger partial charge in [0.1, 0.15) is 80.2 Å². The zero-order valence-corrected chi connectivity index (χ0v) is 77.9. The van der Waals surface area contributed by atoms with Crippen LogP contribution in [0.1, 0.15) is 118 Å². The number of amides is 5. The molecule has 0 saturated carbocycles. The molecule has 0 aromatic carbocycles. The first-order valence-electron chi connectivity index (χ1n) is 44.1. The molecule has 42 heteroatoms. The zero-order valence-electron chi connectivity index (χ0n) is 77.1. The van der Waals surface area contributed by atoms with Crippen molar-refractivity contribution in [2.75, 3.05) is 165 Å². The first kappa shape index (κ1) is 102. The molecule has 8 aliphatic rings. The van der Waals surface area contributed by atoms with Gasteiger partial charge in [-0.15, -0.1) is 12.4 Å². The summed E-state index contributed by atoms with van der Waals surface area (Å²) < 4.78 is 92.2. The van der Waals surface area contributed by atoms with E-state index in [2.05, 4.69) is 74.0 Å². The minimum Gasteiger partial charge on any atom is -0.479 e. The maximum atomic E-state index is 15.4. The molecule has 5 amide bonds. The Balaban J connectivity index is 0.000000165. The van der Waals surface area contributed by atoms with Crippen LogP contribution in [0.15, 0.2) is 98.1 Å². The maximum Gasteiger partial charge on any atom is 0.410 e. The van der Waals surface area contributed by atoms with Gasteiger partial charge in [-0.05, 0) is 145 Å². The number of halogens is 5. The van der Waals surface area contributed by atoms with Crippen LogP contribution < -0.4 is 41.3 Å². The maximum absolute atomic E-state index is 15.4. The summed E-state index contributed by atoms with van der Waals surface area (Å²) in [5.74, 6) is -2.05. The van der Waals surface area contributed by atoms with Crippen molar-refractivity contribution in [1.29, 1.82) is 21.0 Å². The third kappa shape index (κ3) is 25.9. The molecule has 8 aromatic rings. The van der Waals surface area contributed by atoms with E-state index in [1.807, 2.05) is 102 Å². The third-order valence-corrected chi connectivity index (χ3v) is 23.5. The number of hydrogen-bond donors (Lipinski definition) is 5. The SMILES string of the molecule is CC(C)(C)OC(=O)N1CC[C@@](F)(CN)C1.CC1CN(c2cnc(C#N)c3ncccc23)CC(C(=O)NC[C@]2(F)CCN(C)C2)O1.CC1CN(c2cnc(C#N)c3ncccc23)CC(C(=O)NC[C@]2(F)CCN(C)C2)O1.C[C@@H]1CN(c2cnc(C#N)c3ncccc23)CC(C(=O)NC[C@]2(F)CCN(C(=O)OC(C)(C)C)C2)O1.C[C@@H]1CN(c2cnc(C#N)c3ncccc23)C[C@H](C(=O)O)O1.Cl. The van der Waals surface area contributed by atoms with Crippen LogP contribution in [0.25, 0.3) is 43.6 Å². The monoisotopic (exact) mass is 1870 g/mol. The molecule has 16 rings (SSSR count). The molecule has 12 atom stereocenters. The van der Waals surface area contributed by atoms with Gasteiger partial charge in [0.15, 0.2) is 47.2 Å². The van der Waals surface area contributed by atoms with Gasteiger partial charge in [-0.2, -0.15) is 21.0 Å². The number of aliphatic carboxylic acids is 1. The Hall–Kier alpha value is -12.5. The highest BCUT2D eigenvalue weighted by Gasteiger charge is 2.46. The molecule has 8 aromatic heterocycles. The number of fused-ring (bicyclic) bond motifs is 4. The zero-order chi connectivity index (χ0) is 96.1. The molecule has 8 fully saturated rings. The Kier molecular flexibility index (Phi) is 33.3. The van der Waals surface area contributed by atoms with Gasteiger partial charge in [0.2, 0.25) is 0 Å². The molecule has 0 bridgehead atoms. The minimum absolute atomic E-state index is 0. The molecule has 16 heterocycles. The lowest BCUT2D eigenvalue weighted by atomic mass is 10.1. The number of nitrogens with one attached hydrogen (secondary N) is 3. The number of carboxylic acid groups (broad SMARTS) is 1. The summed E-state index contributed by atoms with van der Waals surface area (Å²) >= 11 is 0. The molecular formula is C92H115ClF4N24O13. The van der Waals surface area contributed by atoms with Crippen molar-refractivity contribution >= 4 is 115 Å². The smallest absolute Gasteiger partial charge is 0.410 e. The fourth-order valence-corrected chi connectivity index (χ4v) is 17.1. The number of nitriles is 4. The van der Waals surface area contributed by atoms with Crippen molar-refractivity contribution in [3.63, 3.8) is 0 Å². The van der Waals surface area contributed by atoms with Crippen LogP contribution in [0.3, 0.4) is 0 Å². The highest BCUT2D eigenvalue weighted by molar-refractivity contribution is 5.98. The van der Waals surface area contributed by atoms with Gasteiger partial charge in [-0.3, -0.25) is 34.3 Å². The van der Waals surface area contributed by atoms with E-state index in [1.165, 1.54) is 9.80 Å². The van der Waals surface area contributed by atoms with Crippen molar-refractivity contribution in [3.8, 4) is 24.3 Å². The van der Waals surface area contributed by atoms with Gasteiger partial charge >= 0.3 is 18.2 Å². The van der Waals surface area contributed by atoms with E-state index >= 15 is 4.39 Å². The Bertz CT molecular complexity index is 5590. The third-order valence-electron chi connectivity index (χ3n) is 23.5. The fraction of sp³-hybridized carbons (Fsp3) is 0.543. The summed E-state index contributed by atoms with van der Waals surface area (Å²) in [5.41, 5.74) is 4.32.